The Morgan fingerprint density at radius 2 is 1.22 bits per heavy atom. The topological polar surface area (TPSA) is 43.1 Å². The molecule has 0 fully saturated rings. The van der Waals surface area contributed by atoms with E-state index in [4.69, 9.17) is 5.73 Å². The molecule has 4 heteroatoms. The minimum absolute atomic E-state index is 0.0669. The maximum absolute atomic E-state index is 11.6. The van der Waals surface area contributed by atoms with Gasteiger partial charge < -0.3 is 0 Å². The summed E-state index contributed by atoms with van der Waals surface area (Å²) in [6.07, 6.45) is 0. The second-order valence-corrected chi connectivity index (χ2v) is 18.8. The van der Waals surface area contributed by atoms with Crippen LogP contribution in [0, 0.1) is 0 Å². The molecule has 0 spiro atoms. The van der Waals surface area contributed by atoms with Crippen molar-refractivity contribution in [2.45, 2.75) is 3.11 Å². The Morgan fingerprint density at radius 1 is 0.833 bits per heavy atom. The molecule has 2 aromatic rings. The molecular weight excluding hydrogens is 329 g/mol. The summed E-state index contributed by atoms with van der Waals surface area (Å²) in [5.41, 5.74) is 5.59. The number of benzene rings is 2. The van der Waals surface area contributed by atoms with Gasteiger partial charge in [0.25, 0.3) is 0 Å². The molecule has 0 aliphatic rings. The number of carbonyl (C=O) groups excluding carboxylic acids is 1. The van der Waals surface area contributed by atoms with E-state index in [2.05, 4.69) is 24.3 Å². The minimum atomic E-state index is -1.06. The number of amides is 1. The third-order valence-electron chi connectivity index (χ3n) is 3.05. The van der Waals surface area contributed by atoms with Crippen LogP contribution in [0.25, 0.3) is 0 Å². The number of carbonyl (C=O) groups is 1. The predicted molar refractivity (Wildman–Crippen MR) is 65.1 cm³/mol. The van der Waals surface area contributed by atoms with Crippen molar-refractivity contribution in [3.8, 4) is 0 Å². The number of nitrogens with two attached hydrogens (primary N) is 1. The SMILES string of the molecule is NC(=O)[CH]([Zn][c]1ccccc1)[Zn][c]1ccccc1. The first kappa shape index (κ1) is 13.6. The molecule has 0 radical (unpaired) electrons. The Kier molecular flexibility index (Phi) is 5.22. The molecule has 84 valence electrons. The molecule has 0 aromatic heterocycles. The van der Waals surface area contributed by atoms with Crippen LogP contribution in [0.3, 0.4) is 0 Å². The fourth-order valence-corrected chi connectivity index (χ4v) is 16.7. The van der Waals surface area contributed by atoms with Gasteiger partial charge >= 0.3 is 123 Å². The second kappa shape index (κ2) is 6.92. The van der Waals surface area contributed by atoms with Gasteiger partial charge in [0, 0.05) is 0 Å². The summed E-state index contributed by atoms with van der Waals surface area (Å²) < 4.78 is 3.00. The van der Waals surface area contributed by atoms with Crippen molar-refractivity contribution in [2.75, 3.05) is 0 Å². The van der Waals surface area contributed by atoms with Crippen molar-refractivity contribution in [2.24, 2.45) is 5.73 Å². The van der Waals surface area contributed by atoms with Gasteiger partial charge in [0.05, 0.1) is 0 Å². The Labute approximate surface area is 122 Å². The molecule has 0 atom stereocenters. The summed E-state index contributed by atoms with van der Waals surface area (Å²) >= 11 is -2.11. The van der Waals surface area contributed by atoms with Crippen molar-refractivity contribution in [3.05, 3.63) is 60.7 Å². The molecule has 18 heavy (non-hydrogen) atoms. The molecule has 0 aliphatic carbocycles. The second-order valence-electron chi connectivity index (χ2n) is 4.48. The third-order valence-corrected chi connectivity index (χ3v) is 17.1. The summed E-state index contributed by atoms with van der Waals surface area (Å²) in [6, 6.07) is 20.8. The van der Waals surface area contributed by atoms with Crippen molar-refractivity contribution >= 4 is 14.2 Å². The van der Waals surface area contributed by atoms with Gasteiger partial charge in [-0.1, -0.05) is 0 Å². The predicted octanol–water partition coefficient (Wildman–Crippen LogP) is 1.03. The van der Waals surface area contributed by atoms with E-state index in [9.17, 15) is 4.79 Å². The van der Waals surface area contributed by atoms with Crippen LogP contribution in [0.15, 0.2) is 60.7 Å². The number of primary amides is 1. The fourth-order valence-electron chi connectivity index (χ4n) is 2.07. The average Bonchev–Trinajstić information content (AvgIpc) is 2.40. The Morgan fingerprint density at radius 3 is 1.56 bits per heavy atom. The summed E-state index contributed by atoms with van der Waals surface area (Å²) in [7, 11) is 0. The van der Waals surface area contributed by atoms with Gasteiger partial charge in [-0.2, -0.15) is 0 Å². The number of rotatable bonds is 5. The number of hydrogen-bond donors (Lipinski definition) is 1. The Hall–Kier alpha value is -0.843. The van der Waals surface area contributed by atoms with Crippen LogP contribution in [-0.2, 0) is 39.0 Å². The van der Waals surface area contributed by atoms with Gasteiger partial charge in [-0.05, 0) is 0 Å². The average molecular weight is 342 g/mol. The quantitative estimate of drug-likeness (QED) is 0.811. The number of hydrogen-bond acceptors (Lipinski definition) is 1. The van der Waals surface area contributed by atoms with Gasteiger partial charge in [-0.3, -0.25) is 0 Å². The molecule has 2 N–H and O–H groups in total. The van der Waals surface area contributed by atoms with Crippen molar-refractivity contribution in [1.82, 2.24) is 0 Å². The summed E-state index contributed by atoms with van der Waals surface area (Å²) in [5, 5.41) is 0. The van der Waals surface area contributed by atoms with Gasteiger partial charge in [0.15, 0.2) is 0 Å². The van der Waals surface area contributed by atoms with Gasteiger partial charge in [0.1, 0.15) is 0 Å². The Bertz CT molecular complexity index is 460. The molecule has 2 aromatic carbocycles. The molecule has 0 heterocycles. The first-order chi connectivity index (χ1) is 8.75. The molecule has 0 saturated heterocycles. The molecule has 0 saturated carbocycles. The van der Waals surface area contributed by atoms with Crippen LogP contribution in [0.4, 0.5) is 0 Å². The molecular formula is C14H13NOZn2. The van der Waals surface area contributed by atoms with E-state index in [1.54, 1.807) is 0 Å². The van der Waals surface area contributed by atoms with Crippen molar-refractivity contribution < 1.29 is 39.0 Å². The summed E-state index contributed by atoms with van der Waals surface area (Å²) in [4.78, 5) is 11.6. The molecule has 0 unspecified atom stereocenters. The van der Waals surface area contributed by atoms with Crippen LogP contribution in [-0.4, -0.2) is 5.91 Å². The van der Waals surface area contributed by atoms with E-state index in [1.165, 1.54) is 8.32 Å². The van der Waals surface area contributed by atoms with Crippen LogP contribution < -0.4 is 14.0 Å². The van der Waals surface area contributed by atoms with Crippen molar-refractivity contribution in [1.29, 1.82) is 0 Å². The van der Waals surface area contributed by atoms with E-state index in [1.807, 2.05) is 36.4 Å². The van der Waals surface area contributed by atoms with Crippen LogP contribution in [0.5, 0.6) is 0 Å². The van der Waals surface area contributed by atoms with E-state index < -0.39 is 34.3 Å². The summed E-state index contributed by atoms with van der Waals surface area (Å²) in [6.45, 7) is 0. The first-order valence-electron chi connectivity index (χ1n) is 6.13. The van der Waals surface area contributed by atoms with Gasteiger partial charge in [-0.15, -0.1) is 0 Å². The zero-order valence-corrected chi connectivity index (χ0v) is 16.2. The van der Waals surface area contributed by atoms with E-state index >= 15 is 0 Å². The standard InChI is InChI=1S/2C6H5.C2H3NO.2Zn/c2*1-2-4-6-5-3-1;1-2(3)4;;/h2*1-5H;1H,(H2,3,4);;. The molecule has 0 aliphatic heterocycles. The normalized spacial score (nSPS) is 9.61. The fraction of sp³-hybridized carbons (Fsp3) is 0.0714. The zero-order chi connectivity index (χ0) is 12.8. The van der Waals surface area contributed by atoms with Crippen LogP contribution in [0.2, 0.25) is 3.11 Å². The maximum atomic E-state index is 11.6. The molecule has 0 bridgehead atoms. The van der Waals surface area contributed by atoms with Gasteiger partial charge in [0.2, 0.25) is 0 Å². The first-order valence-corrected chi connectivity index (χ1v) is 12.5. The molecule has 2 nitrogen and oxygen atoms in total. The molecule has 1 amide bonds. The van der Waals surface area contributed by atoms with E-state index in [0.717, 1.165) is 0 Å². The summed E-state index contributed by atoms with van der Waals surface area (Å²) in [5.74, 6) is -0.0669. The van der Waals surface area contributed by atoms with Crippen molar-refractivity contribution in [3.63, 3.8) is 0 Å². The Balaban J connectivity index is 2.08. The van der Waals surface area contributed by atoms with Crippen LogP contribution >= 0.6 is 0 Å². The van der Waals surface area contributed by atoms with Crippen LogP contribution in [0.1, 0.15) is 0 Å². The third kappa shape index (κ3) is 4.12. The molecule has 2 rings (SSSR count). The van der Waals surface area contributed by atoms with E-state index in [0.29, 0.717) is 0 Å². The monoisotopic (exact) mass is 339 g/mol. The van der Waals surface area contributed by atoms with Gasteiger partial charge in [-0.25, -0.2) is 0 Å². The zero-order valence-electron chi connectivity index (χ0n) is 10.3. The van der Waals surface area contributed by atoms with E-state index in [-0.39, 0.29) is 9.01 Å².